The molecule has 1 aromatic rings. The highest BCUT2D eigenvalue weighted by atomic mass is 16.5. The third-order valence-corrected chi connectivity index (χ3v) is 3.40. The molecule has 3 nitrogen and oxygen atoms in total. The van der Waals surface area contributed by atoms with Crippen molar-refractivity contribution in [2.75, 3.05) is 20.8 Å². The molecule has 0 spiro atoms. The molecule has 20 heavy (non-hydrogen) atoms. The molecule has 0 aromatic heterocycles. The number of benzene rings is 1. The van der Waals surface area contributed by atoms with Crippen LogP contribution in [-0.4, -0.2) is 20.8 Å². The van der Waals surface area contributed by atoms with Gasteiger partial charge in [0, 0.05) is 18.2 Å². The Labute approximate surface area is 123 Å². The highest BCUT2D eigenvalue weighted by Crippen LogP contribution is 2.25. The number of nitrogens with one attached hydrogen (secondary N) is 1. The first kappa shape index (κ1) is 16.8. The van der Waals surface area contributed by atoms with Gasteiger partial charge in [-0.25, -0.2) is 0 Å². The van der Waals surface area contributed by atoms with Crippen LogP contribution in [0.2, 0.25) is 0 Å². The van der Waals surface area contributed by atoms with E-state index in [9.17, 15) is 0 Å². The largest absolute Gasteiger partial charge is 0.497 e. The fourth-order valence-corrected chi connectivity index (χ4v) is 2.20. The molecule has 0 saturated heterocycles. The number of methoxy groups -OCH3 is 1. The van der Waals surface area contributed by atoms with E-state index in [1.54, 1.807) is 7.11 Å². The predicted octanol–water partition coefficient (Wildman–Crippen LogP) is 4.15. The highest BCUT2D eigenvalue weighted by molar-refractivity contribution is 5.40. The molecule has 0 amide bonds. The van der Waals surface area contributed by atoms with Gasteiger partial charge in [0.25, 0.3) is 0 Å². The lowest BCUT2D eigenvalue weighted by molar-refractivity contribution is 0.298. The van der Waals surface area contributed by atoms with E-state index in [1.807, 2.05) is 19.2 Å². The molecule has 0 saturated carbocycles. The van der Waals surface area contributed by atoms with Gasteiger partial charge < -0.3 is 14.8 Å². The van der Waals surface area contributed by atoms with Crippen LogP contribution in [-0.2, 0) is 6.54 Å². The monoisotopic (exact) mass is 279 g/mol. The van der Waals surface area contributed by atoms with Gasteiger partial charge in [0.15, 0.2) is 0 Å². The summed E-state index contributed by atoms with van der Waals surface area (Å²) in [7, 11) is 3.63. The summed E-state index contributed by atoms with van der Waals surface area (Å²) >= 11 is 0. The molecule has 1 rings (SSSR count). The molecule has 0 aliphatic carbocycles. The Hall–Kier alpha value is -1.22. The summed E-state index contributed by atoms with van der Waals surface area (Å²) < 4.78 is 11.2. The molecule has 0 atom stereocenters. The number of rotatable bonds is 11. The molecule has 0 aliphatic rings. The van der Waals surface area contributed by atoms with E-state index in [0.717, 1.165) is 31.1 Å². The normalized spacial score (nSPS) is 10.6. The zero-order chi connectivity index (χ0) is 14.6. The second kappa shape index (κ2) is 10.6. The van der Waals surface area contributed by atoms with Gasteiger partial charge in [-0.3, -0.25) is 0 Å². The van der Waals surface area contributed by atoms with Gasteiger partial charge in [0.05, 0.1) is 13.7 Å². The van der Waals surface area contributed by atoms with Crippen LogP contribution in [0.25, 0.3) is 0 Å². The molecule has 0 radical (unpaired) electrons. The van der Waals surface area contributed by atoms with Crippen LogP contribution < -0.4 is 14.8 Å². The summed E-state index contributed by atoms with van der Waals surface area (Å²) in [5.74, 6) is 1.79. The van der Waals surface area contributed by atoms with Crippen LogP contribution in [0.15, 0.2) is 18.2 Å². The zero-order valence-electron chi connectivity index (χ0n) is 13.2. The minimum atomic E-state index is 0.788. The average molecular weight is 279 g/mol. The first-order valence-corrected chi connectivity index (χ1v) is 7.76. The van der Waals surface area contributed by atoms with Crippen LogP contribution in [0.5, 0.6) is 11.5 Å². The van der Waals surface area contributed by atoms with E-state index in [2.05, 4.69) is 18.3 Å². The summed E-state index contributed by atoms with van der Waals surface area (Å²) in [6, 6.07) is 6.01. The second-order valence-electron chi connectivity index (χ2n) is 5.12. The quantitative estimate of drug-likeness (QED) is 0.617. The van der Waals surface area contributed by atoms with Crippen molar-refractivity contribution in [1.82, 2.24) is 5.32 Å². The lowest BCUT2D eigenvalue weighted by Gasteiger charge is -2.13. The van der Waals surface area contributed by atoms with Gasteiger partial charge in [-0.2, -0.15) is 0 Å². The molecule has 0 unspecified atom stereocenters. The minimum Gasteiger partial charge on any atom is -0.497 e. The van der Waals surface area contributed by atoms with E-state index in [0.29, 0.717) is 0 Å². The van der Waals surface area contributed by atoms with Crippen molar-refractivity contribution < 1.29 is 9.47 Å². The lowest BCUT2D eigenvalue weighted by atomic mass is 10.1. The van der Waals surface area contributed by atoms with Gasteiger partial charge in [-0.15, -0.1) is 0 Å². The maximum Gasteiger partial charge on any atom is 0.127 e. The van der Waals surface area contributed by atoms with Gasteiger partial charge in [0.2, 0.25) is 0 Å². The van der Waals surface area contributed by atoms with Gasteiger partial charge in [0.1, 0.15) is 11.5 Å². The lowest BCUT2D eigenvalue weighted by Crippen LogP contribution is -2.08. The molecule has 1 N–H and O–H groups in total. The van der Waals surface area contributed by atoms with E-state index in [4.69, 9.17) is 9.47 Å². The topological polar surface area (TPSA) is 30.5 Å². The Balaban J connectivity index is 2.37. The Morgan fingerprint density at radius 1 is 1.05 bits per heavy atom. The summed E-state index contributed by atoms with van der Waals surface area (Å²) in [6.45, 7) is 3.85. The first-order chi connectivity index (χ1) is 9.81. The average Bonchev–Trinajstić information content (AvgIpc) is 2.48. The van der Waals surface area contributed by atoms with Crippen LogP contribution in [0.3, 0.4) is 0 Å². The number of hydrogen-bond acceptors (Lipinski definition) is 3. The van der Waals surface area contributed by atoms with Crippen molar-refractivity contribution in [3.63, 3.8) is 0 Å². The Bertz CT molecular complexity index is 366. The molecule has 0 heterocycles. The second-order valence-corrected chi connectivity index (χ2v) is 5.12. The number of hydrogen-bond donors (Lipinski definition) is 1. The van der Waals surface area contributed by atoms with Gasteiger partial charge in [-0.1, -0.05) is 45.1 Å². The smallest absolute Gasteiger partial charge is 0.127 e. The molecule has 1 aromatic carbocycles. The van der Waals surface area contributed by atoms with E-state index in [-0.39, 0.29) is 0 Å². The predicted molar refractivity (Wildman–Crippen MR) is 84.6 cm³/mol. The summed E-state index contributed by atoms with van der Waals surface area (Å²) in [5, 5.41) is 3.17. The van der Waals surface area contributed by atoms with E-state index < -0.39 is 0 Å². The number of ether oxygens (including phenoxy) is 2. The summed E-state index contributed by atoms with van der Waals surface area (Å²) in [6.07, 6.45) is 7.70. The van der Waals surface area contributed by atoms with Gasteiger partial charge in [-0.05, 0) is 19.5 Å². The van der Waals surface area contributed by atoms with Crippen LogP contribution in [0.1, 0.15) is 51.0 Å². The maximum absolute atomic E-state index is 5.92. The molecule has 0 bridgehead atoms. The number of unbranched alkanes of at least 4 members (excludes halogenated alkanes) is 5. The molecular formula is C17H29NO2. The maximum atomic E-state index is 5.92. The van der Waals surface area contributed by atoms with Crippen molar-refractivity contribution in [1.29, 1.82) is 0 Å². The Morgan fingerprint density at radius 3 is 2.50 bits per heavy atom. The van der Waals surface area contributed by atoms with Crippen LogP contribution in [0.4, 0.5) is 0 Å². The highest BCUT2D eigenvalue weighted by Gasteiger charge is 2.05. The summed E-state index contributed by atoms with van der Waals surface area (Å²) in [5.41, 5.74) is 1.18. The molecular weight excluding hydrogens is 250 g/mol. The van der Waals surface area contributed by atoms with Crippen molar-refractivity contribution in [2.45, 2.75) is 52.0 Å². The van der Waals surface area contributed by atoms with Crippen molar-refractivity contribution in [3.8, 4) is 11.5 Å². The fraction of sp³-hybridized carbons (Fsp3) is 0.647. The standard InChI is InChI=1S/C17H29NO2/c1-4-5-6-7-8-9-12-20-17-13-16(19-3)11-10-15(17)14-18-2/h10-11,13,18H,4-9,12,14H2,1-3H3. The zero-order valence-corrected chi connectivity index (χ0v) is 13.2. The van der Waals surface area contributed by atoms with E-state index in [1.165, 1.54) is 37.7 Å². The van der Waals surface area contributed by atoms with Crippen molar-refractivity contribution >= 4 is 0 Å². The fourth-order valence-electron chi connectivity index (χ4n) is 2.20. The molecule has 0 fully saturated rings. The third kappa shape index (κ3) is 6.29. The SMILES string of the molecule is CCCCCCCCOc1cc(OC)ccc1CNC. The molecule has 3 heteroatoms. The molecule has 114 valence electrons. The Kier molecular flexibility index (Phi) is 8.88. The first-order valence-electron chi connectivity index (χ1n) is 7.76. The van der Waals surface area contributed by atoms with Crippen LogP contribution in [0, 0.1) is 0 Å². The van der Waals surface area contributed by atoms with Crippen molar-refractivity contribution in [3.05, 3.63) is 23.8 Å². The van der Waals surface area contributed by atoms with Crippen LogP contribution >= 0.6 is 0 Å². The van der Waals surface area contributed by atoms with E-state index >= 15 is 0 Å². The minimum absolute atomic E-state index is 0.788. The molecule has 0 aliphatic heterocycles. The van der Waals surface area contributed by atoms with Gasteiger partial charge >= 0.3 is 0 Å². The Morgan fingerprint density at radius 2 is 1.80 bits per heavy atom. The summed E-state index contributed by atoms with van der Waals surface area (Å²) in [4.78, 5) is 0. The third-order valence-electron chi connectivity index (χ3n) is 3.40. The van der Waals surface area contributed by atoms with Crippen molar-refractivity contribution in [2.24, 2.45) is 0 Å².